The molecule has 0 aromatic carbocycles. The maximum atomic E-state index is 12.3. The van der Waals surface area contributed by atoms with Crippen molar-refractivity contribution in [3.63, 3.8) is 0 Å². The summed E-state index contributed by atoms with van der Waals surface area (Å²) in [6.45, 7) is 8.43. The van der Waals surface area contributed by atoms with Crippen molar-refractivity contribution in [3.8, 4) is 0 Å². The quantitative estimate of drug-likeness (QED) is 0.876. The Morgan fingerprint density at radius 3 is 2.53 bits per heavy atom. The van der Waals surface area contributed by atoms with Crippen molar-refractivity contribution >= 4 is 17.2 Å². The lowest BCUT2D eigenvalue weighted by molar-refractivity contribution is 0.0697. The molecule has 0 bridgehead atoms. The van der Waals surface area contributed by atoms with Gasteiger partial charge in [0.15, 0.2) is 0 Å². The van der Waals surface area contributed by atoms with Gasteiger partial charge in [-0.1, -0.05) is 0 Å². The Morgan fingerprint density at radius 1 is 1.47 bits per heavy atom. The average molecular weight is 256 g/mol. The van der Waals surface area contributed by atoms with Crippen LogP contribution in [0, 0.1) is 13.8 Å². The van der Waals surface area contributed by atoms with Crippen LogP contribution in [0.5, 0.6) is 0 Å². The molecule has 0 radical (unpaired) electrons. The van der Waals surface area contributed by atoms with Gasteiger partial charge in [0.25, 0.3) is 5.91 Å². The molecule has 0 aliphatic heterocycles. The van der Waals surface area contributed by atoms with Gasteiger partial charge < -0.3 is 10.0 Å². The molecule has 0 aliphatic carbocycles. The largest absolute Gasteiger partial charge is 0.396 e. The van der Waals surface area contributed by atoms with Crippen molar-refractivity contribution in [2.75, 3.05) is 13.2 Å². The summed E-state index contributed by atoms with van der Waals surface area (Å²) in [5.74, 6) is 0.0246. The van der Waals surface area contributed by atoms with Crippen molar-refractivity contribution in [1.82, 2.24) is 9.88 Å². The second-order valence-corrected chi connectivity index (χ2v) is 5.52. The predicted molar refractivity (Wildman–Crippen MR) is 69.5 cm³/mol. The van der Waals surface area contributed by atoms with Gasteiger partial charge in [-0.3, -0.25) is 4.79 Å². The van der Waals surface area contributed by atoms with E-state index in [0.29, 0.717) is 17.8 Å². The summed E-state index contributed by atoms with van der Waals surface area (Å²) in [6.07, 6.45) is 0.612. The summed E-state index contributed by atoms with van der Waals surface area (Å²) in [5.41, 5.74) is 0.798. The van der Waals surface area contributed by atoms with Crippen LogP contribution in [0.15, 0.2) is 0 Å². The van der Waals surface area contributed by atoms with Crippen molar-refractivity contribution in [1.29, 1.82) is 0 Å². The number of aromatic nitrogens is 1. The molecule has 1 aromatic heterocycles. The third-order valence-corrected chi connectivity index (χ3v) is 3.60. The van der Waals surface area contributed by atoms with E-state index in [1.54, 1.807) is 4.90 Å². The predicted octanol–water partition coefficient (Wildman–Crippen LogP) is 1.99. The standard InChI is InChI=1S/C12H20N2O2S/c1-8(2)14(6-5-7-15)12(16)11-9(3)13-10(4)17-11/h8,15H,5-7H2,1-4H3. The molecule has 1 rings (SSSR count). The number of amides is 1. The van der Waals surface area contributed by atoms with Gasteiger partial charge in [-0.25, -0.2) is 4.98 Å². The van der Waals surface area contributed by atoms with Crippen molar-refractivity contribution in [3.05, 3.63) is 15.6 Å². The first-order valence-corrected chi connectivity index (χ1v) is 6.65. The first-order chi connectivity index (χ1) is 7.97. The Hall–Kier alpha value is -0.940. The molecule has 0 spiro atoms. The van der Waals surface area contributed by atoms with Gasteiger partial charge in [-0.05, 0) is 34.1 Å². The zero-order valence-electron chi connectivity index (χ0n) is 10.9. The minimum atomic E-state index is 0.0246. The van der Waals surface area contributed by atoms with E-state index in [1.165, 1.54) is 11.3 Å². The molecule has 1 amide bonds. The van der Waals surface area contributed by atoms with Crippen LogP contribution in [0.2, 0.25) is 0 Å². The first-order valence-electron chi connectivity index (χ1n) is 5.83. The van der Waals surface area contributed by atoms with Gasteiger partial charge in [-0.2, -0.15) is 0 Å². The Morgan fingerprint density at radius 2 is 2.12 bits per heavy atom. The highest BCUT2D eigenvalue weighted by Crippen LogP contribution is 2.20. The van der Waals surface area contributed by atoms with E-state index in [4.69, 9.17) is 5.11 Å². The number of carbonyl (C=O) groups excluding carboxylic acids is 1. The summed E-state index contributed by atoms with van der Waals surface area (Å²) in [7, 11) is 0. The molecule has 1 heterocycles. The number of carbonyl (C=O) groups is 1. The van der Waals surface area contributed by atoms with Gasteiger partial charge >= 0.3 is 0 Å². The second kappa shape index (κ2) is 6.12. The fraction of sp³-hybridized carbons (Fsp3) is 0.667. The molecular formula is C12H20N2O2S. The van der Waals surface area contributed by atoms with Crippen LogP contribution in [-0.2, 0) is 0 Å². The van der Waals surface area contributed by atoms with Crippen LogP contribution in [0.3, 0.4) is 0 Å². The van der Waals surface area contributed by atoms with Gasteiger partial charge in [0, 0.05) is 19.2 Å². The van der Waals surface area contributed by atoms with Crippen molar-refractivity contribution < 1.29 is 9.90 Å². The average Bonchev–Trinajstić information content (AvgIpc) is 2.57. The summed E-state index contributed by atoms with van der Waals surface area (Å²) < 4.78 is 0. The van der Waals surface area contributed by atoms with Crippen LogP contribution in [0.4, 0.5) is 0 Å². The van der Waals surface area contributed by atoms with E-state index in [9.17, 15) is 4.79 Å². The summed E-state index contributed by atoms with van der Waals surface area (Å²) in [4.78, 5) is 19.1. The highest BCUT2D eigenvalue weighted by atomic mass is 32.1. The third-order valence-electron chi connectivity index (χ3n) is 2.54. The number of aliphatic hydroxyl groups excluding tert-OH is 1. The molecule has 4 nitrogen and oxygen atoms in total. The van der Waals surface area contributed by atoms with Crippen LogP contribution < -0.4 is 0 Å². The Labute approximate surface area is 106 Å². The lowest BCUT2D eigenvalue weighted by atomic mass is 10.2. The van der Waals surface area contributed by atoms with E-state index in [2.05, 4.69) is 4.98 Å². The van der Waals surface area contributed by atoms with E-state index in [1.807, 2.05) is 27.7 Å². The van der Waals surface area contributed by atoms with Gasteiger partial charge in [0.05, 0.1) is 10.7 Å². The fourth-order valence-electron chi connectivity index (χ4n) is 1.70. The fourth-order valence-corrected chi connectivity index (χ4v) is 2.57. The molecule has 0 atom stereocenters. The SMILES string of the molecule is Cc1nc(C)c(C(=O)N(CCCO)C(C)C)s1. The van der Waals surface area contributed by atoms with E-state index >= 15 is 0 Å². The minimum Gasteiger partial charge on any atom is -0.396 e. The molecule has 1 N–H and O–H groups in total. The highest BCUT2D eigenvalue weighted by Gasteiger charge is 2.22. The molecule has 0 unspecified atom stereocenters. The number of hydrogen-bond acceptors (Lipinski definition) is 4. The first kappa shape index (κ1) is 14.1. The van der Waals surface area contributed by atoms with Gasteiger partial charge in [0.1, 0.15) is 4.88 Å². The molecular weight excluding hydrogens is 236 g/mol. The second-order valence-electron chi connectivity index (χ2n) is 4.32. The lowest BCUT2D eigenvalue weighted by Crippen LogP contribution is -2.38. The molecule has 96 valence electrons. The number of thiazole rings is 1. The molecule has 0 saturated carbocycles. The Kier molecular flexibility index (Phi) is 5.08. The van der Waals surface area contributed by atoms with Crippen molar-refractivity contribution in [2.24, 2.45) is 0 Å². The smallest absolute Gasteiger partial charge is 0.266 e. The Bertz CT molecular complexity index is 388. The zero-order valence-corrected chi connectivity index (χ0v) is 11.7. The van der Waals surface area contributed by atoms with Crippen LogP contribution in [-0.4, -0.2) is 40.1 Å². The van der Waals surface area contributed by atoms with Gasteiger partial charge in [0.2, 0.25) is 0 Å². The lowest BCUT2D eigenvalue weighted by Gasteiger charge is -2.26. The van der Waals surface area contributed by atoms with Crippen LogP contribution in [0.25, 0.3) is 0 Å². The molecule has 0 saturated heterocycles. The number of rotatable bonds is 5. The van der Waals surface area contributed by atoms with Gasteiger partial charge in [-0.15, -0.1) is 11.3 Å². The number of aliphatic hydroxyl groups is 1. The molecule has 0 aliphatic rings. The van der Waals surface area contributed by atoms with Crippen molar-refractivity contribution in [2.45, 2.75) is 40.2 Å². The maximum absolute atomic E-state index is 12.3. The summed E-state index contributed by atoms with van der Waals surface area (Å²) in [5, 5.41) is 9.77. The normalized spacial score (nSPS) is 10.9. The topological polar surface area (TPSA) is 53.4 Å². The molecule has 5 heteroatoms. The number of hydrogen-bond donors (Lipinski definition) is 1. The third kappa shape index (κ3) is 3.51. The highest BCUT2D eigenvalue weighted by molar-refractivity contribution is 7.13. The Balaban J connectivity index is 2.87. The molecule has 1 aromatic rings. The van der Waals surface area contributed by atoms with E-state index in [-0.39, 0.29) is 18.6 Å². The molecule has 0 fully saturated rings. The maximum Gasteiger partial charge on any atom is 0.266 e. The monoisotopic (exact) mass is 256 g/mol. The number of aryl methyl sites for hydroxylation is 2. The number of nitrogens with zero attached hydrogens (tertiary/aromatic N) is 2. The van der Waals surface area contributed by atoms with E-state index in [0.717, 1.165) is 10.7 Å². The van der Waals surface area contributed by atoms with E-state index < -0.39 is 0 Å². The minimum absolute atomic E-state index is 0.0246. The zero-order chi connectivity index (χ0) is 13.0. The summed E-state index contributed by atoms with van der Waals surface area (Å²) >= 11 is 1.44. The van der Waals surface area contributed by atoms with Crippen LogP contribution >= 0.6 is 11.3 Å². The summed E-state index contributed by atoms with van der Waals surface area (Å²) in [6, 6.07) is 0.135. The molecule has 17 heavy (non-hydrogen) atoms. The van der Waals surface area contributed by atoms with Crippen LogP contribution in [0.1, 0.15) is 40.6 Å².